The average Bonchev–Trinajstić information content (AvgIpc) is 2.42. The van der Waals surface area contributed by atoms with E-state index in [1.807, 2.05) is 13.0 Å². The second-order valence-electron chi connectivity index (χ2n) is 5.14. The Morgan fingerprint density at radius 1 is 1.55 bits per heavy atom. The van der Waals surface area contributed by atoms with Crippen molar-refractivity contribution in [3.8, 4) is 0 Å². The van der Waals surface area contributed by atoms with E-state index >= 15 is 0 Å². The van der Waals surface area contributed by atoms with Crippen LogP contribution in [-0.2, 0) is 4.74 Å². The number of hydrogen-bond donors (Lipinski definition) is 2. The molecular weight excluding hydrogens is 256 g/mol. The SMILES string of the molecule is COCCN(CC(C)C)c1nccc(C)c1/C(N)=N/O. The molecule has 0 aromatic carbocycles. The lowest BCUT2D eigenvalue weighted by atomic mass is 10.1. The van der Waals surface area contributed by atoms with E-state index in [-0.39, 0.29) is 5.84 Å². The Labute approximate surface area is 120 Å². The zero-order valence-electron chi connectivity index (χ0n) is 12.6. The number of hydrogen-bond acceptors (Lipinski definition) is 5. The molecule has 0 aliphatic carbocycles. The number of oxime groups is 1. The third-order valence-corrected chi connectivity index (χ3v) is 2.95. The number of nitrogens with two attached hydrogens (primary N) is 1. The van der Waals surface area contributed by atoms with Crippen LogP contribution in [0.1, 0.15) is 25.0 Å². The van der Waals surface area contributed by atoms with E-state index in [4.69, 9.17) is 15.7 Å². The highest BCUT2D eigenvalue weighted by molar-refractivity contribution is 6.02. The molecule has 1 rings (SSSR count). The Morgan fingerprint density at radius 3 is 2.80 bits per heavy atom. The minimum atomic E-state index is 0.0803. The first-order chi connectivity index (χ1) is 9.51. The van der Waals surface area contributed by atoms with Gasteiger partial charge in [-0.2, -0.15) is 0 Å². The first-order valence-electron chi connectivity index (χ1n) is 6.68. The third kappa shape index (κ3) is 4.09. The van der Waals surface area contributed by atoms with Gasteiger partial charge in [-0.25, -0.2) is 4.98 Å². The number of aromatic nitrogens is 1. The van der Waals surface area contributed by atoms with Gasteiger partial charge in [0, 0.05) is 26.4 Å². The fourth-order valence-electron chi connectivity index (χ4n) is 2.08. The fourth-order valence-corrected chi connectivity index (χ4v) is 2.08. The predicted molar refractivity (Wildman–Crippen MR) is 80.4 cm³/mol. The maximum Gasteiger partial charge on any atom is 0.174 e. The monoisotopic (exact) mass is 280 g/mol. The molecule has 112 valence electrons. The maximum atomic E-state index is 8.97. The van der Waals surface area contributed by atoms with Crippen molar-refractivity contribution in [3.05, 3.63) is 23.4 Å². The summed E-state index contributed by atoms with van der Waals surface area (Å²) in [6.07, 6.45) is 1.74. The van der Waals surface area contributed by atoms with Gasteiger partial charge in [0.15, 0.2) is 5.84 Å². The largest absolute Gasteiger partial charge is 0.409 e. The molecule has 0 fully saturated rings. The Hall–Kier alpha value is -1.82. The van der Waals surface area contributed by atoms with Crippen LogP contribution in [0.4, 0.5) is 5.82 Å². The first kappa shape index (κ1) is 16.2. The number of aryl methyl sites for hydroxylation is 1. The van der Waals surface area contributed by atoms with Crippen LogP contribution in [0.25, 0.3) is 0 Å². The molecular formula is C14H24N4O2. The fraction of sp³-hybridized carbons (Fsp3) is 0.571. The quantitative estimate of drug-likeness (QED) is 0.343. The summed E-state index contributed by atoms with van der Waals surface area (Å²) >= 11 is 0. The summed E-state index contributed by atoms with van der Waals surface area (Å²) in [4.78, 5) is 6.52. The van der Waals surface area contributed by atoms with Crippen LogP contribution < -0.4 is 10.6 Å². The molecule has 6 nitrogen and oxygen atoms in total. The highest BCUT2D eigenvalue weighted by Gasteiger charge is 2.18. The minimum Gasteiger partial charge on any atom is -0.409 e. The molecule has 0 atom stereocenters. The van der Waals surface area contributed by atoms with Crippen molar-refractivity contribution < 1.29 is 9.94 Å². The van der Waals surface area contributed by atoms with Gasteiger partial charge in [-0.05, 0) is 24.5 Å². The van der Waals surface area contributed by atoms with E-state index in [0.29, 0.717) is 24.6 Å². The van der Waals surface area contributed by atoms with E-state index in [0.717, 1.165) is 17.9 Å². The van der Waals surface area contributed by atoms with Crippen LogP contribution in [0.3, 0.4) is 0 Å². The topological polar surface area (TPSA) is 84.0 Å². The molecule has 0 saturated heterocycles. The van der Waals surface area contributed by atoms with Gasteiger partial charge >= 0.3 is 0 Å². The second-order valence-corrected chi connectivity index (χ2v) is 5.14. The van der Waals surface area contributed by atoms with E-state index in [2.05, 4.69) is 28.9 Å². The number of nitrogens with zero attached hydrogens (tertiary/aromatic N) is 3. The van der Waals surface area contributed by atoms with Crippen LogP contribution in [0.5, 0.6) is 0 Å². The highest BCUT2D eigenvalue weighted by atomic mass is 16.5. The van der Waals surface area contributed by atoms with Gasteiger partial charge in [0.1, 0.15) is 5.82 Å². The molecule has 0 aliphatic heterocycles. The number of ether oxygens (including phenoxy) is 1. The maximum absolute atomic E-state index is 8.97. The average molecular weight is 280 g/mol. The Morgan fingerprint density at radius 2 is 2.25 bits per heavy atom. The van der Waals surface area contributed by atoms with Crippen molar-refractivity contribution >= 4 is 11.7 Å². The number of anilines is 1. The van der Waals surface area contributed by atoms with Gasteiger partial charge in [-0.15, -0.1) is 0 Å². The molecule has 1 heterocycles. The number of amidine groups is 1. The van der Waals surface area contributed by atoms with Crippen LogP contribution in [-0.4, -0.2) is 42.8 Å². The lowest BCUT2D eigenvalue weighted by Crippen LogP contribution is -2.34. The van der Waals surface area contributed by atoms with Crippen molar-refractivity contribution in [2.24, 2.45) is 16.8 Å². The normalized spacial score (nSPS) is 11.9. The molecule has 20 heavy (non-hydrogen) atoms. The van der Waals surface area contributed by atoms with Gasteiger partial charge in [0.25, 0.3) is 0 Å². The first-order valence-corrected chi connectivity index (χ1v) is 6.68. The molecule has 0 amide bonds. The van der Waals surface area contributed by atoms with Crippen molar-refractivity contribution in [2.75, 3.05) is 31.7 Å². The van der Waals surface area contributed by atoms with Crippen LogP contribution in [0.2, 0.25) is 0 Å². The molecule has 0 radical (unpaired) electrons. The van der Waals surface area contributed by atoms with Gasteiger partial charge in [0.05, 0.1) is 12.2 Å². The minimum absolute atomic E-state index is 0.0803. The van der Waals surface area contributed by atoms with E-state index in [1.54, 1.807) is 13.3 Å². The Balaban J connectivity index is 3.21. The van der Waals surface area contributed by atoms with Crippen LogP contribution in [0, 0.1) is 12.8 Å². The number of methoxy groups -OCH3 is 1. The number of rotatable bonds is 7. The lowest BCUT2D eigenvalue weighted by molar-refractivity contribution is 0.204. The second kappa shape index (κ2) is 7.69. The lowest BCUT2D eigenvalue weighted by Gasteiger charge is -2.27. The third-order valence-electron chi connectivity index (χ3n) is 2.95. The summed E-state index contributed by atoms with van der Waals surface area (Å²) in [6, 6.07) is 1.85. The van der Waals surface area contributed by atoms with Gasteiger partial charge < -0.3 is 20.6 Å². The van der Waals surface area contributed by atoms with Gasteiger partial charge in [-0.1, -0.05) is 19.0 Å². The summed E-state index contributed by atoms with van der Waals surface area (Å²) in [5.74, 6) is 1.28. The Bertz CT molecular complexity index is 460. The smallest absolute Gasteiger partial charge is 0.174 e. The summed E-state index contributed by atoms with van der Waals surface area (Å²) in [5, 5.41) is 12.1. The van der Waals surface area contributed by atoms with Crippen molar-refractivity contribution in [2.45, 2.75) is 20.8 Å². The summed E-state index contributed by atoms with van der Waals surface area (Å²) in [5.41, 5.74) is 7.40. The Kier molecular flexibility index (Phi) is 6.24. The highest BCUT2D eigenvalue weighted by Crippen LogP contribution is 2.21. The summed E-state index contributed by atoms with van der Waals surface area (Å²) < 4.78 is 5.15. The number of pyridine rings is 1. The molecule has 1 aromatic rings. The van der Waals surface area contributed by atoms with Crippen molar-refractivity contribution in [3.63, 3.8) is 0 Å². The molecule has 0 saturated carbocycles. The molecule has 0 unspecified atom stereocenters. The summed E-state index contributed by atoms with van der Waals surface area (Å²) in [6.45, 7) is 8.32. The standard InChI is InChI=1S/C14H24N4O2/c1-10(2)9-18(7-8-20-4)14-12(13(15)17-19)11(3)5-6-16-14/h5-6,10,19H,7-9H2,1-4H3,(H2,15,17). The van der Waals surface area contributed by atoms with Crippen LogP contribution >= 0.6 is 0 Å². The molecule has 0 spiro atoms. The summed E-state index contributed by atoms with van der Waals surface area (Å²) in [7, 11) is 1.67. The zero-order chi connectivity index (χ0) is 15.1. The van der Waals surface area contributed by atoms with E-state index in [9.17, 15) is 0 Å². The van der Waals surface area contributed by atoms with Crippen molar-refractivity contribution in [1.82, 2.24) is 4.98 Å². The molecule has 6 heteroatoms. The zero-order valence-corrected chi connectivity index (χ0v) is 12.6. The van der Waals surface area contributed by atoms with E-state index in [1.165, 1.54) is 0 Å². The van der Waals surface area contributed by atoms with Crippen molar-refractivity contribution in [1.29, 1.82) is 0 Å². The van der Waals surface area contributed by atoms with Crippen LogP contribution in [0.15, 0.2) is 17.4 Å². The molecule has 1 aromatic heterocycles. The molecule has 0 aliphatic rings. The predicted octanol–water partition coefficient (Wildman–Crippen LogP) is 1.59. The van der Waals surface area contributed by atoms with Gasteiger partial charge in [-0.3, -0.25) is 0 Å². The van der Waals surface area contributed by atoms with Gasteiger partial charge in [0.2, 0.25) is 0 Å². The molecule has 3 N–H and O–H groups in total. The van der Waals surface area contributed by atoms with E-state index < -0.39 is 0 Å². The molecule has 0 bridgehead atoms.